The van der Waals surface area contributed by atoms with Crippen LogP contribution in [0.3, 0.4) is 0 Å². The maximum atomic E-state index is 11.7. The molecule has 22 heavy (non-hydrogen) atoms. The van der Waals surface area contributed by atoms with Gasteiger partial charge in [0.05, 0.1) is 26.0 Å². The monoisotopic (exact) mass is 337 g/mol. The van der Waals surface area contributed by atoms with E-state index >= 15 is 0 Å². The first-order chi connectivity index (χ1) is 10.8. The molecule has 2 aromatic rings. The third-order valence-electron chi connectivity index (χ3n) is 2.83. The smallest absolute Gasteiger partial charge is 0.230 e. The molecule has 0 bridgehead atoms. The van der Waals surface area contributed by atoms with Crippen molar-refractivity contribution in [2.45, 2.75) is 6.54 Å². The van der Waals surface area contributed by atoms with E-state index in [1.54, 1.807) is 30.2 Å². The van der Waals surface area contributed by atoms with Crippen LogP contribution in [0.1, 0.15) is 4.88 Å². The highest BCUT2D eigenvalue weighted by Crippen LogP contribution is 2.17. The van der Waals surface area contributed by atoms with Crippen molar-refractivity contribution in [3.05, 3.63) is 46.7 Å². The van der Waals surface area contributed by atoms with Crippen LogP contribution in [0.15, 0.2) is 41.8 Å². The Labute approximate surface area is 138 Å². The van der Waals surface area contributed by atoms with Crippen LogP contribution in [0, 0.1) is 0 Å². The number of ether oxygens (including phenoxy) is 2. The predicted molar refractivity (Wildman–Crippen MR) is 92.0 cm³/mol. The van der Waals surface area contributed by atoms with E-state index in [-0.39, 0.29) is 5.91 Å². The summed E-state index contributed by atoms with van der Waals surface area (Å²) in [7, 11) is 1.63. The fourth-order valence-electron chi connectivity index (χ4n) is 1.71. The first-order valence-electron chi connectivity index (χ1n) is 6.91. The summed E-state index contributed by atoms with van der Waals surface area (Å²) >= 11 is 3.21. The predicted octanol–water partition coefficient (Wildman–Crippen LogP) is 3.19. The second-order valence-corrected chi connectivity index (χ2v) is 6.57. The molecule has 0 atom stereocenters. The van der Waals surface area contributed by atoms with E-state index in [1.807, 2.05) is 41.8 Å². The second-order valence-electron chi connectivity index (χ2n) is 4.43. The Morgan fingerprint density at radius 1 is 1.23 bits per heavy atom. The number of hydrogen-bond acceptors (Lipinski definition) is 5. The Bertz CT molecular complexity index is 555. The van der Waals surface area contributed by atoms with Crippen LogP contribution < -0.4 is 14.8 Å². The van der Waals surface area contributed by atoms with Crippen molar-refractivity contribution in [1.82, 2.24) is 5.32 Å². The molecule has 1 N–H and O–H groups in total. The van der Waals surface area contributed by atoms with Gasteiger partial charge in [-0.05, 0) is 35.7 Å². The zero-order valence-electron chi connectivity index (χ0n) is 12.4. The van der Waals surface area contributed by atoms with E-state index in [4.69, 9.17) is 9.47 Å². The summed E-state index contributed by atoms with van der Waals surface area (Å²) in [5.74, 6) is 2.91. The number of nitrogens with one attached hydrogen (secondary N) is 1. The summed E-state index contributed by atoms with van der Waals surface area (Å²) in [6, 6.07) is 11.5. The van der Waals surface area contributed by atoms with Gasteiger partial charge < -0.3 is 14.8 Å². The van der Waals surface area contributed by atoms with Gasteiger partial charge in [-0.2, -0.15) is 0 Å². The molecule has 0 spiro atoms. The van der Waals surface area contributed by atoms with Crippen molar-refractivity contribution in [1.29, 1.82) is 0 Å². The van der Waals surface area contributed by atoms with E-state index in [0.717, 1.165) is 17.3 Å². The van der Waals surface area contributed by atoms with Crippen molar-refractivity contribution in [2.75, 3.05) is 25.2 Å². The Balaban J connectivity index is 1.53. The van der Waals surface area contributed by atoms with Gasteiger partial charge in [-0.3, -0.25) is 4.79 Å². The van der Waals surface area contributed by atoms with Crippen molar-refractivity contribution in [2.24, 2.45) is 0 Å². The molecule has 0 saturated carbocycles. The number of amides is 1. The second kappa shape index (κ2) is 9.38. The zero-order chi connectivity index (χ0) is 15.6. The number of carbonyl (C=O) groups excluding carboxylic acids is 1. The van der Waals surface area contributed by atoms with Crippen LogP contribution in [0.2, 0.25) is 0 Å². The van der Waals surface area contributed by atoms with E-state index in [2.05, 4.69) is 5.32 Å². The SMILES string of the molecule is COc1ccc(OCCSCC(=O)NCc2cccs2)cc1. The molecule has 6 heteroatoms. The number of hydrogen-bond donors (Lipinski definition) is 1. The van der Waals surface area contributed by atoms with E-state index in [1.165, 1.54) is 4.88 Å². The first kappa shape index (κ1) is 16.7. The average Bonchev–Trinajstić information content (AvgIpc) is 3.06. The Hall–Kier alpha value is -1.66. The van der Waals surface area contributed by atoms with E-state index < -0.39 is 0 Å². The minimum absolute atomic E-state index is 0.0582. The van der Waals surface area contributed by atoms with Gasteiger partial charge in [0.15, 0.2) is 0 Å². The highest BCUT2D eigenvalue weighted by atomic mass is 32.2. The van der Waals surface area contributed by atoms with Crippen molar-refractivity contribution >= 4 is 29.0 Å². The van der Waals surface area contributed by atoms with Gasteiger partial charge in [-0.1, -0.05) is 6.07 Å². The zero-order valence-corrected chi connectivity index (χ0v) is 14.0. The van der Waals surface area contributed by atoms with Crippen LogP contribution >= 0.6 is 23.1 Å². The summed E-state index contributed by atoms with van der Waals surface area (Å²) in [5, 5.41) is 4.91. The first-order valence-corrected chi connectivity index (χ1v) is 8.95. The van der Waals surface area contributed by atoms with Gasteiger partial charge in [0.2, 0.25) is 5.91 Å². The molecule has 0 aliphatic rings. The van der Waals surface area contributed by atoms with Crippen LogP contribution in [-0.2, 0) is 11.3 Å². The highest BCUT2D eigenvalue weighted by Gasteiger charge is 2.02. The molecule has 0 aliphatic heterocycles. The Kier molecular flexibility index (Phi) is 7.12. The number of thiophene rings is 1. The summed E-state index contributed by atoms with van der Waals surface area (Å²) in [6.45, 7) is 1.19. The van der Waals surface area contributed by atoms with Crippen LogP contribution in [0.5, 0.6) is 11.5 Å². The number of benzene rings is 1. The molecule has 1 aromatic carbocycles. The molecule has 1 heterocycles. The maximum Gasteiger partial charge on any atom is 0.230 e. The highest BCUT2D eigenvalue weighted by molar-refractivity contribution is 7.99. The summed E-state index contributed by atoms with van der Waals surface area (Å²) in [6.07, 6.45) is 0. The molecule has 0 saturated heterocycles. The van der Waals surface area contributed by atoms with Crippen LogP contribution in [0.4, 0.5) is 0 Å². The standard InChI is InChI=1S/C16H19NO3S2/c1-19-13-4-6-14(7-5-13)20-8-10-21-12-16(18)17-11-15-3-2-9-22-15/h2-7,9H,8,10-12H2,1H3,(H,17,18). The molecular weight excluding hydrogens is 318 g/mol. The number of rotatable bonds is 9. The number of carbonyl (C=O) groups is 1. The van der Waals surface area contributed by atoms with Crippen LogP contribution in [0.25, 0.3) is 0 Å². The molecule has 118 valence electrons. The van der Waals surface area contributed by atoms with Gasteiger partial charge >= 0.3 is 0 Å². The fraction of sp³-hybridized carbons (Fsp3) is 0.312. The van der Waals surface area contributed by atoms with Crippen molar-refractivity contribution in [3.8, 4) is 11.5 Å². The van der Waals surface area contributed by atoms with Crippen LogP contribution in [-0.4, -0.2) is 31.1 Å². The fourth-order valence-corrected chi connectivity index (χ4v) is 2.98. The largest absolute Gasteiger partial charge is 0.497 e. The summed E-state index contributed by atoms with van der Waals surface area (Å²) in [5.41, 5.74) is 0. The van der Waals surface area contributed by atoms with Crippen molar-refractivity contribution in [3.63, 3.8) is 0 Å². The Morgan fingerprint density at radius 3 is 2.68 bits per heavy atom. The summed E-state index contributed by atoms with van der Waals surface area (Å²) in [4.78, 5) is 12.8. The molecule has 0 fully saturated rings. The molecular formula is C16H19NO3S2. The van der Waals surface area contributed by atoms with Crippen molar-refractivity contribution < 1.29 is 14.3 Å². The maximum absolute atomic E-state index is 11.7. The molecule has 1 aromatic heterocycles. The van der Waals surface area contributed by atoms with Gasteiger partial charge in [0, 0.05) is 10.6 Å². The normalized spacial score (nSPS) is 10.2. The minimum atomic E-state index is 0.0582. The number of methoxy groups -OCH3 is 1. The lowest BCUT2D eigenvalue weighted by molar-refractivity contribution is -0.118. The average molecular weight is 337 g/mol. The Morgan fingerprint density at radius 2 is 2.00 bits per heavy atom. The lowest BCUT2D eigenvalue weighted by Gasteiger charge is -2.07. The topological polar surface area (TPSA) is 47.6 Å². The summed E-state index contributed by atoms with van der Waals surface area (Å²) < 4.78 is 10.7. The minimum Gasteiger partial charge on any atom is -0.497 e. The molecule has 0 unspecified atom stereocenters. The molecule has 1 amide bonds. The van der Waals surface area contributed by atoms with E-state index in [0.29, 0.717) is 18.9 Å². The van der Waals surface area contributed by atoms with Gasteiger partial charge in [0.25, 0.3) is 0 Å². The van der Waals surface area contributed by atoms with Gasteiger partial charge in [-0.25, -0.2) is 0 Å². The lowest BCUT2D eigenvalue weighted by Crippen LogP contribution is -2.24. The number of thioether (sulfide) groups is 1. The third kappa shape index (κ3) is 5.99. The van der Waals surface area contributed by atoms with E-state index in [9.17, 15) is 4.79 Å². The van der Waals surface area contributed by atoms with Gasteiger partial charge in [-0.15, -0.1) is 23.1 Å². The molecule has 0 aliphatic carbocycles. The molecule has 0 radical (unpaired) electrons. The molecule has 4 nitrogen and oxygen atoms in total. The third-order valence-corrected chi connectivity index (χ3v) is 4.63. The quantitative estimate of drug-likeness (QED) is 0.714. The molecule has 2 rings (SSSR count). The van der Waals surface area contributed by atoms with Gasteiger partial charge in [0.1, 0.15) is 11.5 Å². The lowest BCUT2D eigenvalue weighted by atomic mass is 10.3.